The van der Waals surface area contributed by atoms with Crippen LogP contribution in [0.5, 0.6) is 0 Å². The number of nitrogens with one attached hydrogen (secondary N) is 2. The summed E-state index contributed by atoms with van der Waals surface area (Å²) in [7, 11) is 0. The van der Waals surface area contributed by atoms with Gasteiger partial charge >= 0.3 is 0 Å². The molecule has 2 N–H and O–H groups in total. The number of aryl methyl sites for hydroxylation is 3. The summed E-state index contributed by atoms with van der Waals surface area (Å²) in [5, 5.41) is 5.63. The smallest absolute Gasteiger partial charge is 0.237 e. The van der Waals surface area contributed by atoms with Crippen LogP contribution in [0.25, 0.3) is 0 Å². The number of amides is 2. The maximum absolute atomic E-state index is 12.6. The minimum Gasteiger partial charge on any atom is -0.325 e. The van der Waals surface area contributed by atoms with Gasteiger partial charge in [0.15, 0.2) is 0 Å². The highest BCUT2D eigenvalue weighted by Gasteiger charge is 2.18. The normalized spacial score (nSPS) is 11.7. The number of anilines is 2. The van der Waals surface area contributed by atoms with Crippen LogP contribution in [0.3, 0.4) is 0 Å². The average Bonchev–Trinajstić information content (AvgIpc) is 2.66. The Bertz CT molecular complexity index is 782. The summed E-state index contributed by atoms with van der Waals surface area (Å²) in [6.45, 7) is 7.98. The first-order chi connectivity index (χ1) is 12.9. The Morgan fingerprint density at radius 2 is 1.63 bits per heavy atom. The summed E-state index contributed by atoms with van der Waals surface area (Å²) in [6, 6.07) is 13.8. The quantitative estimate of drug-likeness (QED) is 0.686. The summed E-state index contributed by atoms with van der Waals surface area (Å²) < 4.78 is 0. The van der Waals surface area contributed by atoms with Gasteiger partial charge in [-0.05, 0) is 55.5 Å². The van der Waals surface area contributed by atoms with Crippen molar-refractivity contribution in [3.8, 4) is 0 Å². The van der Waals surface area contributed by atoms with E-state index in [9.17, 15) is 9.59 Å². The molecule has 0 bridgehead atoms. The number of carbonyl (C=O) groups is 2. The van der Waals surface area contributed by atoms with Gasteiger partial charge in [-0.1, -0.05) is 44.2 Å². The fraction of sp³-hybridized carbons (Fsp3) is 0.364. The Labute approximate surface area is 166 Å². The van der Waals surface area contributed by atoms with Crippen LogP contribution in [0.15, 0.2) is 42.5 Å². The Morgan fingerprint density at radius 1 is 1.00 bits per heavy atom. The molecule has 0 saturated heterocycles. The molecule has 0 spiro atoms. The van der Waals surface area contributed by atoms with Crippen LogP contribution < -0.4 is 10.6 Å². The summed E-state index contributed by atoms with van der Waals surface area (Å²) in [4.78, 5) is 24.7. The zero-order chi connectivity index (χ0) is 19.8. The van der Waals surface area contributed by atoms with Crippen LogP contribution in [-0.2, 0) is 22.4 Å². The second-order valence-corrected chi connectivity index (χ2v) is 7.85. The van der Waals surface area contributed by atoms with E-state index in [1.54, 1.807) is 0 Å². The first-order valence-electron chi connectivity index (χ1n) is 9.34. The largest absolute Gasteiger partial charge is 0.325 e. The van der Waals surface area contributed by atoms with E-state index >= 15 is 0 Å². The molecule has 0 aromatic heterocycles. The number of thioether (sulfide) groups is 1. The van der Waals surface area contributed by atoms with Gasteiger partial charge in [0.2, 0.25) is 11.8 Å². The van der Waals surface area contributed by atoms with Gasteiger partial charge < -0.3 is 10.6 Å². The molecule has 2 aromatic carbocycles. The van der Waals surface area contributed by atoms with E-state index in [-0.39, 0.29) is 22.8 Å². The van der Waals surface area contributed by atoms with Crippen molar-refractivity contribution in [3.63, 3.8) is 0 Å². The van der Waals surface area contributed by atoms with Crippen LogP contribution in [0.4, 0.5) is 11.4 Å². The summed E-state index contributed by atoms with van der Waals surface area (Å²) in [5.74, 6) is 0.0610. The third-order valence-corrected chi connectivity index (χ3v) is 5.53. The van der Waals surface area contributed by atoms with Crippen molar-refractivity contribution < 1.29 is 9.59 Å². The number of hydrogen-bond acceptors (Lipinski definition) is 3. The van der Waals surface area contributed by atoms with E-state index in [1.165, 1.54) is 11.8 Å². The molecule has 0 fully saturated rings. The van der Waals surface area contributed by atoms with Crippen molar-refractivity contribution in [2.75, 3.05) is 16.4 Å². The molecule has 5 heteroatoms. The SMILES string of the molecule is CCc1cccc(CC)c1NC(=O)C(C)SCC(=O)Nc1cccc(C)c1. The Hall–Kier alpha value is -2.27. The van der Waals surface area contributed by atoms with Crippen molar-refractivity contribution in [2.45, 2.75) is 45.8 Å². The molecule has 2 amide bonds. The molecule has 4 nitrogen and oxygen atoms in total. The molecule has 1 unspecified atom stereocenters. The Kier molecular flexibility index (Phi) is 7.92. The molecule has 27 heavy (non-hydrogen) atoms. The van der Waals surface area contributed by atoms with Crippen LogP contribution in [0.1, 0.15) is 37.5 Å². The van der Waals surface area contributed by atoms with Crippen molar-refractivity contribution >= 4 is 35.0 Å². The average molecular weight is 385 g/mol. The second kappa shape index (κ2) is 10.2. The van der Waals surface area contributed by atoms with Gasteiger partial charge in [0.1, 0.15) is 0 Å². The number of para-hydroxylation sites is 1. The van der Waals surface area contributed by atoms with E-state index < -0.39 is 0 Å². The van der Waals surface area contributed by atoms with Crippen molar-refractivity contribution in [1.82, 2.24) is 0 Å². The fourth-order valence-electron chi connectivity index (χ4n) is 2.82. The highest BCUT2D eigenvalue weighted by atomic mass is 32.2. The van der Waals surface area contributed by atoms with Gasteiger partial charge in [-0.25, -0.2) is 0 Å². The van der Waals surface area contributed by atoms with Crippen LogP contribution in [0, 0.1) is 6.92 Å². The Balaban J connectivity index is 1.91. The second-order valence-electron chi connectivity index (χ2n) is 6.52. The minimum atomic E-state index is -0.317. The monoisotopic (exact) mass is 384 g/mol. The van der Waals surface area contributed by atoms with Gasteiger partial charge in [-0.3, -0.25) is 9.59 Å². The first kappa shape index (κ1) is 21.0. The van der Waals surface area contributed by atoms with Gasteiger partial charge in [0.05, 0.1) is 11.0 Å². The number of rotatable bonds is 8. The molecule has 0 heterocycles. The lowest BCUT2D eigenvalue weighted by Gasteiger charge is -2.17. The molecule has 2 rings (SSSR count). The molecule has 0 aliphatic heterocycles. The molecule has 144 valence electrons. The number of hydrogen-bond donors (Lipinski definition) is 2. The van der Waals surface area contributed by atoms with Crippen molar-refractivity contribution in [1.29, 1.82) is 0 Å². The summed E-state index contributed by atoms with van der Waals surface area (Å²) in [6.07, 6.45) is 1.73. The molecule has 0 saturated carbocycles. The maximum atomic E-state index is 12.6. The predicted molar refractivity (Wildman–Crippen MR) is 116 cm³/mol. The van der Waals surface area contributed by atoms with Gasteiger partial charge in [0.25, 0.3) is 0 Å². The van der Waals surface area contributed by atoms with E-state index in [0.29, 0.717) is 0 Å². The molecular weight excluding hydrogens is 356 g/mol. The van der Waals surface area contributed by atoms with Crippen molar-refractivity contribution in [2.24, 2.45) is 0 Å². The number of benzene rings is 2. The topological polar surface area (TPSA) is 58.2 Å². The molecular formula is C22H28N2O2S. The van der Waals surface area contributed by atoms with E-state index in [0.717, 1.165) is 40.9 Å². The third kappa shape index (κ3) is 6.14. The number of carbonyl (C=O) groups excluding carboxylic acids is 2. The first-order valence-corrected chi connectivity index (χ1v) is 10.4. The lowest BCUT2D eigenvalue weighted by molar-refractivity contribution is -0.115. The molecule has 0 aliphatic rings. The summed E-state index contributed by atoms with van der Waals surface area (Å²) >= 11 is 1.34. The van der Waals surface area contributed by atoms with Crippen LogP contribution in [0.2, 0.25) is 0 Å². The van der Waals surface area contributed by atoms with Gasteiger partial charge in [-0.15, -0.1) is 11.8 Å². The molecule has 0 aliphatic carbocycles. The lowest BCUT2D eigenvalue weighted by Crippen LogP contribution is -2.26. The zero-order valence-corrected chi connectivity index (χ0v) is 17.3. The van der Waals surface area contributed by atoms with Crippen LogP contribution >= 0.6 is 11.8 Å². The molecule has 2 aromatic rings. The highest BCUT2D eigenvalue weighted by molar-refractivity contribution is 8.01. The molecule has 1 atom stereocenters. The summed E-state index contributed by atoms with van der Waals surface area (Å²) in [5.41, 5.74) is 5.06. The zero-order valence-electron chi connectivity index (χ0n) is 16.5. The minimum absolute atomic E-state index is 0.0704. The standard InChI is InChI=1S/C22H28N2O2S/c1-5-17-10-8-11-18(6-2)21(17)24-22(26)16(4)27-14-20(25)23-19-12-7-9-15(3)13-19/h7-13,16H,5-6,14H2,1-4H3,(H,23,25)(H,24,26). The van der Waals surface area contributed by atoms with E-state index in [4.69, 9.17) is 0 Å². The van der Waals surface area contributed by atoms with E-state index in [1.807, 2.05) is 56.3 Å². The third-order valence-electron chi connectivity index (χ3n) is 4.38. The lowest BCUT2D eigenvalue weighted by atomic mass is 10.0. The molecule has 0 radical (unpaired) electrons. The predicted octanol–water partition coefficient (Wildman–Crippen LogP) is 4.82. The van der Waals surface area contributed by atoms with Gasteiger partial charge in [0, 0.05) is 11.4 Å². The highest BCUT2D eigenvalue weighted by Crippen LogP contribution is 2.24. The van der Waals surface area contributed by atoms with Crippen LogP contribution in [-0.4, -0.2) is 22.8 Å². The fourth-order valence-corrected chi connectivity index (χ4v) is 3.51. The van der Waals surface area contributed by atoms with Gasteiger partial charge in [-0.2, -0.15) is 0 Å². The Morgan fingerprint density at radius 3 is 2.22 bits per heavy atom. The van der Waals surface area contributed by atoms with Crippen molar-refractivity contribution in [3.05, 3.63) is 59.2 Å². The van der Waals surface area contributed by atoms with E-state index in [2.05, 4.69) is 24.5 Å². The maximum Gasteiger partial charge on any atom is 0.237 e.